The number of pyridine rings is 1. The van der Waals surface area contributed by atoms with Crippen molar-refractivity contribution in [3.8, 4) is 0 Å². The van der Waals surface area contributed by atoms with Crippen molar-refractivity contribution >= 4 is 17.7 Å². The second-order valence-electron chi connectivity index (χ2n) is 3.76. The summed E-state index contributed by atoms with van der Waals surface area (Å²) in [5.74, 6) is 0.525. The molecule has 0 radical (unpaired) electrons. The van der Waals surface area contributed by atoms with Crippen LogP contribution in [0.4, 0.5) is 0 Å². The number of carbonyl (C=O) groups excluding carboxylic acids is 1. The van der Waals surface area contributed by atoms with Gasteiger partial charge in [-0.05, 0) is 24.6 Å². The lowest BCUT2D eigenvalue weighted by Gasteiger charge is -2.20. The largest absolute Gasteiger partial charge is 0.469 e. The van der Waals surface area contributed by atoms with Gasteiger partial charge in [0.25, 0.3) is 0 Å². The van der Waals surface area contributed by atoms with Crippen molar-refractivity contribution in [2.75, 3.05) is 12.9 Å². The number of nitrogens with zero attached hydrogens (tertiary/aromatic N) is 1. The zero-order valence-corrected chi connectivity index (χ0v) is 10.9. The molecule has 0 aliphatic heterocycles. The van der Waals surface area contributed by atoms with Crippen LogP contribution in [-0.4, -0.2) is 29.9 Å². The Morgan fingerprint density at radius 2 is 2.18 bits per heavy atom. The van der Waals surface area contributed by atoms with Gasteiger partial charge in [0, 0.05) is 29.4 Å². The number of esters is 1. The summed E-state index contributed by atoms with van der Waals surface area (Å²) in [6, 6.07) is 3.94. The maximum Gasteiger partial charge on any atom is 0.306 e. The number of methoxy groups -OCH3 is 1. The summed E-state index contributed by atoms with van der Waals surface area (Å²) < 4.78 is 4.60. The topological polar surface area (TPSA) is 65.2 Å². The van der Waals surface area contributed by atoms with Crippen LogP contribution < -0.4 is 5.73 Å². The van der Waals surface area contributed by atoms with Crippen LogP contribution in [0.15, 0.2) is 24.5 Å². The van der Waals surface area contributed by atoms with Gasteiger partial charge in [0.05, 0.1) is 13.5 Å². The number of hydrogen-bond acceptors (Lipinski definition) is 5. The molecule has 0 spiro atoms. The lowest BCUT2D eigenvalue weighted by Crippen LogP contribution is -2.23. The summed E-state index contributed by atoms with van der Waals surface area (Å²) in [4.78, 5) is 15.0. The lowest BCUT2D eigenvalue weighted by molar-refractivity contribution is -0.140. The van der Waals surface area contributed by atoms with Crippen LogP contribution in [0.5, 0.6) is 0 Å². The molecular formula is C12H18N2O2S. The molecular weight excluding hydrogens is 236 g/mol. The van der Waals surface area contributed by atoms with E-state index < -0.39 is 0 Å². The van der Waals surface area contributed by atoms with Crippen molar-refractivity contribution in [1.82, 2.24) is 4.98 Å². The molecule has 2 atom stereocenters. The van der Waals surface area contributed by atoms with Gasteiger partial charge in [-0.1, -0.05) is 0 Å². The van der Waals surface area contributed by atoms with Gasteiger partial charge in [-0.25, -0.2) is 0 Å². The van der Waals surface area contributed by atoms with Crippen molar-refractivity contribution in [3.05, 3.63) is 30.1 Å². The molecule has 5 heteroatoms. The van der Waals surface area contributed by atoms with E-state index in [0.717, 1.165) is 5.56 Å². The van der Waals surface area contributed by atoms with Gasteiger partial charge in [0.2, 0.25) is 0 Å². The number of nitrogens with two attached hydrogens (primary N) is 1. The maximum absolute atomic E-state index is 11.0. The van der Waals surface area contributed by atoms with Gasteiger partial charge in [-0.15, -0.1) is 0 Å². The fraction of sp³-hybridized carbons (Fsp3) is 0.500. The molecule has 0 bridgehead atoms. The van der Waals surface area contributed by atoms with E-state index in [0.29, 0.717) is 12.2 Å². The van der Waals surface area contributed by atoms with Crippen LogP contribution in [0.3, 0.4) is 0 Å². The predicted molar refractivity (Wildman–Crippen MR) is 69.7 cm³/mol. The molecule has 0 aliphatic carbocycles. The van der Waals surface area contributed by atoms with Gasteiger partial charge in [-0.3, -0.25) is 9.78 Å². The Morgan fingerprint density at radius 3 is 2.71 bits per heavy atom. The predicted octanol–water partition coefficient (Wildman–Crippen LogP) is 1.77. The molecule has 0 saturated heterocycles. The number of thioether (sulfide) groups is 1. The first kappa shape index (κ1) is 14.0. The van der Waals surface area contributed by atoms with Crippen LogP contribution in [0.1, 0.15) is 24.2 Å². The van der Waals surface area contributed by atoms with E-state index in [-0.39, 0.29) is 17.3 Å². The highest BCUT2D eigenvalue weighted by Crippen LogP contribution is 2.31. The van der Waals surface area contributed by atoms with Crippen molar-refractivity contribution in [3.63, 3.8) is 0 Å². The van der Waals surface area contributed by atoms with Gasteiger partial charge >= 0.3 is 5.97 Å². The van der Waals surface area contributed by atoms with Crippen LogP contribution in [0.2, 0.25) is 0 Å². The number of hydrogen-bond donors (Lipinski definition) is 1. The molecule has 94 valence electrons. The highest BCUT2D eigenvalue weighted by atomic mass is 32.2. The van der Waals surface area contributed by atoms with E-state index >= 15 is 0 Å². The molecule has 0 fully saturated rings. The molecule has 17 heavy (non-hydrogen) atoms. The van der Waals surface area contributed by atoms with Gasteiger partial charge in [-0.2, -0.15) is 11.8 Å². The molecule has 1 aromatic heterocycles. The summed E-state index contributed by atoms with van der Waals surface area (Å²) >= 11 is 1.67. The van der Waals surface area contributed by atoms with E-state index in [1.165, 1.54) is 7.11 Å². The summed E-state index contributed by atoms with van der Waals surface area (Å²) in [5, 5.41) is 0.183. The van der Waals surface area contributed by atoms with Crippen LogP contribution in [-0.2, 0) is 9.53 Å². The molecule has 0 saturated carbocycles. The van der Waals surface area contributed by atoms with Gasteiger partial charge in [0.1, 0.15) is 0 Å². The molecule has 2 N–H and O–H groups in total. The molecule has 1 heterocycles. The summed E-state index contributed by atoms with van der Waals surface area (Å²) in [7, 11) is 1.40. The highest BCUT2D eigenvalue weighted by molar-refractivity contribution is 7.99. The minimum atomic E-state index is -0.185. The first-order chi connectivity index (χ1) is 8.15. The fourth-order valence-corrected chi connectivity index (χ4v) is 2.67. The first-order valence-electron chi connectivity index (χ1n) is 5.49. The molecule has 0 aliphatic rings. The van der Waals surface area contributed by atoms with E-state index in [1.807, 2.05) is 19.1 Å². The summed E-state index contributed by atoms with van der Waals surface area (Å²) in [6.45, 7) is 1.97. The number of carbonyl (C=O) groups is 1. The van der Waals surface area contributed by atoms with E-state index in [2.05, 4.69) is 9.72 Å². The Bertz CT molecular complexity index is 344. The molecule has 4 nitrogen and oxygen atoms in total. The zero-order valence-electron chi connectivity index (χ0n) is 10.1. The minimum absolute atomic E-state index is 0.0278. The number of ether oxygens (including phenoxy) is 1. The summed E-state index contributed by atoms with van der Waals surface area (Å²) in [5.41, 5.74) is 7.10. The smallest absolute Gasteiger partial charge is 0.306 e. The van der Waals surface area contributed by atoms with Crippen LogP contribution in [0, 0.1) is 0 Å². The number of rotatable bonds is 6. The van der Waals surface area contributed by atoms with Crippen molar-refractivity contribution in [1.29, 1.82) is 0 Å². The van der Waals surface area contributed by atoms with E-state index in [9.17, 15) is 4.79 Å². The molecule has 1 rings (SSSR count). The van der Waals surface area contributed by atoms with E-state index in [1.54, 1.807) is 24.2 Å². The lowest BCUT2D eigenvalue weighted by atomic mass is 10.1. The Labute approximate surface area is 106 Å². The minimum Gasteiger partial charge on any atom is -0.469 e. The average Bonchev–Trinajstić information content (AvgIpc) is 2.34. The highest BCUT2D eigenvalue weighted by Gasteiger charge is 2.17. The average molecular weight is 254 g/mol. The van der Waals surface area contributed by atoms with Crippen LogP contribution >= 0.6 is 11.8 Å². The SMILES string of the molecule is COC(=O)CCSC(c1ccncc1)C(C)N. The second-order valence-corrected chi connectivity index (χ2v) is 5.01. The second kappa shape index (κ2) is 7.29. The van der Waals surface area contributed by atoms with Crippen molar-refractivity contribution in [2.45, 2.75) is 24.6 Å². The fourth-order valence-electron chi connectivity index (χ4n) is 1.48. The molecule has 0 aromatic carbocycles. The zero-order chi connectivity index (χ0) is 12.7. The normalized spacial score (nSPS) is 14.1. The third-order valence-corrected chi connectivity index (χ3v) is 3.84. The molecule has 0 amide bonds. The Balaban J connectivity index is 2.53. The van der Waals surface area contributed by atoms with Crippen molar-refractivity contribution < 1.29 is 9.53 Å². The first-order valence-corrected chi connectivity index (χ1v) is 6.54. The van der Waals surface area contributed by atoms with Crippen molar-refractivity contribution in [2.24, 2.45) is 5.73 Å². The third-order valence-electron chi connectivity index (χ3n) is 2.34. The standard InChI is InChI=1S/C12H18N2O2S/c1-9(13)12(10-3-6-14-7-4-10)17-8-5-11(15)16-2/h3-4,6-7,9,12H,5,8,13H2,1-2H3. The van der Waals surface area contributed by atoms with E-state index in [4.69, 9.17) is 5.73 Å². The maximum atomic E-state index is 11.0. The Hall–Kier alpha value is -1.07. The Kier molecular flexibility index (Phi) is 6.00. The molecule has 1 aromatic rings. The van der Waals surface area contributed by atoms with Gasteiger partial charge in [0.15, 0.2) is 0 Å². The molecule has 2 unspecified atom stereocenters. The summed E-state index contributed by atoms with van der Waals surface area (Å²) in [6.07, 6.45) is 3.92. The third kappa shape index (κ3) is 4.75. The quantitative estimate of drug-likeness (QED) is 0.784. The van der Waals surface area contributed by atoms with Crippen LogP contribution in [0.25, 0.3) is 0 Å². The number of aromatic nitrogens is 1. The van der Waals surface area contributed by atoms with Gasteiger partial charge < -0.3 is 10.5 Å². The monoisotopic (exact) mass is 254 g/mol. The Morgan fingerprint density at radius 1 is 1.53 bits per heavy atom.